The van der Waals surface area contributed by atoms with Gasteiger partial charge in [0.2, 0.25) is 6.41 Å². The van der Waals surface area contributed by atoms with Gasteiger partial charge < -0.3 is 14.8 Å². The van der Waals surface area contributed by atoms with Gasteiger partial charge in [-0.2, -0.15) is 0 Å². The van der Waals surface area contributed by atoms with Crippen molar-refractivity contribution in [3.63, 3.8) is 0 Å². The van der Waals surface area contributed by atoms with E-state index in [1.807, 2.05) is 18.7 Å². The fraction of sp³-hybridized carbons (Fsp3) is 0.882. The Balaban J connectivity index is 1.92. The number of carbonyl (C=O) groups is 1. The molecule has 0 bridgehead atoms. The molecule has 2 aliphatic heterocycles. The molecule has 23 heavy (non-hydrogen) atoms. The molecule has 1 amide bonds. The fourth-order valence-corrected chi connectivity index (χ4v) is 3.70. The van der Waals surface area contributed by atoms with Gasteiger partial charge in [-0.15, -0.1) is 0 Å². The lowest BCUT2D eigenvalue weighted by Crippen LogP contribution is -2.45. The molecule has 6 nitrogen and oxygen atoms in total. The summed E-state index contributed by atoms with van der Waals surface area (Å²) in [5.41, 5.74) is 0.314. The summed E-state index contributed by atoms with van der Waals surface area (Å²) in [7, 11) is 0. The second-order valence-electron chi connectivity index (χ2n) is 7.24. The third kappa shape index (κ3) is 4.44. The summed E-state index contributed by atoms with van der Waals surface area (Å²) in [4.78, 5) is 20.9. The third-order valence-corrected chi connectivity index (χ3v) is 5.12. The van der Waals surface area contributed by atoms with E-state index in [0.29, 0.717) is 0 Å². The van der Waals surface area contributed by atoms with Gasteiger partial charge in [-0.3, -0.25) is 9.69 Å². The van der Waals surface area contributed by atoms with Crippen LogP contribution in [0.15, 0.2) is 5.16 Å². The lowest BCUT2D eigenvalue weighted by molar-refractivity contribution is -0.120. The highest BCUT2D eigenvalue weighted by Crippen LogP contribution is 2.28. The maximum Gasteiger partial charge on any atom is 0.209 e. The van der Waals surface area contributed by atoms with Crippen LogP contribution in [0.4, 0.5) is 0 Å². The van der Waals surface area contributed by atoms with Gasteiger partial charge in [0.1, 0.15) is 6.10 Å². The van der Waals surface area contributed by atoms with Crippen LogP contribution in [0, 0.1) is 0 Å². The Hall–Kier alpha value is -1.14. The van der Waals surface area contributed by atoms with Crippen LogP contribution in [0.1, 0.15) is 53.4 Å². The van der Waals surface area contributed by atoms with Crippen molar-refractivity contribution in [3.8, 4) is 0 Å². The number of oxime groups is 1. The highest BCUT2D eigenvalue weighted by Gasteiger charge is 2.41. The van der Waals surface area contributed by atoms with Gasteiger partial charge in [-0.25, -0.2) is 0 Å². The van der Waals surface area contributed by atoms with Crippen LogP contribution in [-0.4, -0.2) is 70.5 Å². The number of likely N-dealkylation sites (N-methyl/N-ethyl adjacent to an activating group) is 1. The molecule has 132 valence electrons. The molecule has 2 fully saturated rings. The third-order valence-electron chi connectivity index (χ3n) is 5.12. The first-order valence-corrected chi connectivity index (χ1v) is 8.78. The molecule has 0 saturated carbocycles. The van der Waals surface area contributed by atoms with Gasteiger partial charge in [-0.1, -0.05) is 19.0 Å². The zero-order valence-electron chi connectivity index (χ0n) is 14.9. The first-order chi connectivity index (χ1) is 10.9. The van der Waals surface area contributed by atoms with E-state index < -0.39 is 5.60 Å². The molecule has 2 saturated heterocycles. The van der Waals surface area contributed by atoms with Crippen LogP contribution < -0.4 is 0 Å². The first-order valence-electron chi connectivity index (χ1n) is 8.78. The quantitative estimate of drug-likeness (QED) is 0.595. The van der Waals surface area contributed by atoms with Gasteiger partial charge in [-0.05, 0) is 26.8 Å². The molecule has 1 N–H and O–H groups in total. The van der Waals surface area contributed by atoms with Crippen molar-refractivity contribution in [2.24, 2.45) is 5.16 Å². The smallest absolute Gasteiger partial charge is 0.209 e. The topological polar surface area (TPSA) is 65.4 Å². The molecule has 2 unspecified atom stereocenters. The van der Waals surface area contributed by atoms with Gasteiger partial charge >= 0.3 is 0 Å². The van der Waals surface area contributed by atoms with Crippen molar-refractivity contribution in [1.82, 2.24) is 9.80 Å². The second kappa shape index (κ2) is 7.62. The van der Waals surface area contributed by atoms with E-state index in [4.69, 9.17) is 4.84 Å². The van der Waals surface area contributed by atoms with Crippen molar-refractivity contribution < 1.29 is 14.7 Å². The minimum atomic E-state index is -0.732. The number of carbonyl (C=O) groups excluding carboxylic acids is 1. The highest BCUT2D eigenvalue weighted by molar-refractivity contribution is 5.86. The van der Waals surface area contributed by atoms with Crippen LogP contribution in [0.2, 0.25) is 0 Å². The summed E-state index contributed by atoms with van der Waals surface area (Å²) < 4.78 is 0. The Kier molecular flexibility index (Phi) is 6.03. The molecule has 6 heteroatoms. The maximum atomic E-state index is 11.0. The lowest BCUT2D eigenvalue weighted by Gasteiger charge is -2.32. The summed E-state index contributed by atoms with van der Waals surface area (Å²) in [5, 5.41) is 14.7. The Morgan fingerprint density at radius 1 is 1.43 bits per heavy atom. The minimum absolute atomic E-state index is 0.0306. The molecule has 2 aliphatic rings. The van der Waals surface area contributed by atoms with E-state index >= 15 is 0 Å². The number of piperidine rings is 1. The average Bonchev–Trinajstić information content (AvgIpc) is 2.96. The number of aliphatic hydroxyl groups is 1. The fourth-order valence-electron chi connectivity index (χ4n) is 3.70. The highest BCUT2D eigenvalue weighted by atomic mass is 16.6. The summed E-state index contributed by atoms with van der Waals surface area (Å²) in [6, 6.07) is 0.349. The van der Waals surface area contributed by atoms with Crippen molar-refractivity contribution in [2.45, 2.75) is 77.2 Å². The molecule has 0 spiro atoms. The van der Waals surface area contributed by atoms with Crippen LogP contribution >= 0.6 is 0 Å². The molecule has 0 radical (unpaired) electrons. The Bertz CT molecular complexity index is 433. The number of amides is 1. The summed E-state index contributed by atoms with van der Waals surface area (Å²) in [5.74, 6) is 0. The normalized spacial score (nSPS) is 31.6. The number of rotatable bonds is 6. The van der Waals surface area contributed by atoms with Crippen molar-refractivity contribution in [1.29, 1.82) is 0 Å². The average molecular weight is 325 g/mol. The molecule has 3 atom stereocenters. The van der Waals surface area contributed by atoms with Gasteiger partial charge in [0.15, 0.2) is 0 Å². The Morgan fingerprint density at radius 2 is 2.17 bits per heavy atom. The Labute approximate surface area is 139 Å². The SMILES string of the molecule is CC[C@H]1C/C(=N/OC2CC(C(C)(C)O)N(CC)C2)CCN1C=O. The summed E-state index contributed by atoms with van der Waals surface area (Å²) >= 11 is 0. The van der Waals surface area contributed by atoms with Crippen molar-refractivity contribution in [3.05, 3.63) is 0 Å². The van der Waals surface area contributed by atoms with Crippen LogP contribution in [0.5, 0.6) is 0 Å². The zero-order valence-corrected chi connectivity index (χ0v) is 14.9. The largest absolute Gasteiger partial charge is 0.391 e. The number of nitrogens with zero attached hydrogens (tertiary/aromatic N) is 3. The first kappa shape index (κ1) is 18.2. The molecule has 0 aromatic heterocycles. The molecular formula is C17H31N3O3. The van der Waals surface area contributed by atoms with E-state index in [1.54, 1.807) is 0 Å². The standard InChI is InChI=1S/C17H31N3O3/c1-5-14-9-13(7-8-20(14)12-21)18-23-15-10-16(17(3,4)22)19(6-2)11-15/h12,14-16,22H,5-11H2,1-4H3/b18-13+/t14-,15?,16?/m0/s1. The maximum absolute atomic E-state index is 11.0. The van der Waals surface area contributed by atoms with Crippen molar-refractivity contribution in [2.75, 3.05) is 19.6 Å². The van der Waals surface area contributed by atoms with Gasteiger partial charge in [0, 0.05) is 44.4 Å². The Morgan fingerprint density at radius 3 is 2.70 bits per heavy atom. The van der Waals surface area contributed by atoms with Crippen LogP contribution in [0.25, 0.3) is 0 Å². The number of hydrogen-bond donors (Lipinski definition) is 1. The van der Waals surface area contributed by atoms with Gasteiger partial charge in [0.25, 0.3) is 0 Å². The molecule has 2 rings (SSSR count). The molecule has 0 aromatic rings. The van der Waals surface area contributed by atoms with Crippen LogP contribution in [-0.2, 0) is 9.63 Å². The number of hydrogen-bond acceptors (Lipinski definition) is 5. The van der Waals surface area contributed by atoms with E-state index in [9.17, 15) is 9.90 Å². The predicted octanol–water partition coefficient (Wildman–Crippen LogP) is 1.62. The van der Waals surface area contributed by atoms with E-state index in [2.05, 4.69) is 23.9 Å². The van der Waals surface area contributed by atoms with E-state index in [-0.39, 0.29) is 18.2 Å². The monoisotopic (exact) mass is 325 g/mol. The molecular weight excluding hydrogens is 294 g/mol. The van der Waals surface area contributed by atoms with E-state index in [1.165, 1.54) is 0 Å². The number of likely N-dealkylation sites (tertiary alicyclic amines) is 2. The summed E-state index contributed by atoms with van der Waals surface area (Å²) in [6.45, 7) is 10.3. The minimum Gasteiger partial charge on any atom is -0.391 e. The van der Waals surface area contributed by atoms with E-state index in [0.717, 1.165) is 57.4 Å². The second-order valence-corrected chi connectivity index (χ2v) is 7.24. The van der Waals surface area contributed by atoms with Crippen LogP contribution in [0.3, 0.4) is 0 Å². The lowest BCUT2D eigenvalue weighted by atomic mass is 9.96. The summed E-state index contributed by atoms with van der Waals surface area (Å²) in [6.07, 6.45) is 4.29. The molecule has 0 aromatic carbocycles. The zero-order chi connectivity index (χ0) is 17.0. The molecule has 2 heterocycles. The molecule has 0 aliphatic carbocycles. The predicted molar refractivity (Wildman–Crippen MR) is 90.3 cm³/mol. The van der Waals surface area contributed by atoms with Crippen molar-refractivity contribution >= 4 is 12.1 Å². The van der Waals surface area contributed by atoms with Gasteiger partial charge in [0.05, 0.1) is 11.3 Å².